The van der Waals surface area contributed by atoms with Crippen LogP contribution in [0.5, 0.6) is 0 Å². The Morgan fingerprint density at radius 2 is 2.00 bits per heavy atom. The van der Waals surface area contributed by atoms with E-state index in [9.17, 15) is 0 Å². The van der Waals surface area contributed by atoms with Crippen LogP contribution in [-0.4, -0.2) is 23.1 Å². The largest absolute Gasteiger partial charge is 0.356 e. The van der Waals surface area contributed by atoms with Crippen LogP contribution in [-0.2, 0) is 6.42 Å². The van der Waals surface area contributed by atoms with Gasteiger partial charge in [0, 0.05) is 25.1 Å². The van der Waals surface area contributed by atoms with E-state index in [4.69, 9.17) is 10.8 Å². The lowest BCUT2D eigenvalue weighted by Gasteiger charge is -2.37. The summed E-state index contributed by atoms with van der Waals surface area (Å²) in [5.41, 5.74) is 3.77. The molecule has 5 heteroatoms. The molecule has 2 atom stereocenters. The van der Waals surface area contributed by atoms with Crippen molar-refractivity contribution >= 4 is 11.6 Å². The van der Waals surface area contributed by atoms with Gasteiger partial charge in [0.25, 0.3) is 0 Å². The molecule has 0 amide bonds. The molecular weight excluding hydrogens is 262 g/mol. The molecule has 2 unspecified atom stereocenters. The van der Waals surface area contributed by atoms with Crippen LogP contribution in [0.4, 0.5) is 11.6 Å². The Labute approximate surface area is 128 Å². The summed E-state index contributed by atoms with van der Waals surface area (Å²) in [6.07, 6.45) is 7.14. The molecule has 0 aromatic carbocycles. The third-order valence-corrected chi connectivity index (χ3v) is 4.67. The van der Waals surface area contributed by atoms with Gasteiger partial charge in [0.1, 0.15) is 17.5 Å². The summed E-state index contributed by atoms with van der Waals surface area (Å²) in [5, 5.41) is 0. The molecule has 1 fully saturated rings. The number of anilines is 2. The van der Waals surface area contributed by atoms with Gasteiger partial charge < -0.3 is 10.3 Å². The van der Waals surface area contributed by atoms with Gasteiger partial charge in [0.15, 0.2) is 0 Å². The smallest absolute Gasteiger partial charge is 0.148 e. The zero-order valence-electron chi connectivity index (χ0n) is 13.8. The second-order valence-electron chi connectivity index (χ2n) is 6.27. The standard InChI is InChI=1S/C16H29N5/c1-5-8-14-18-15(20-17)12(3)16(19-14)21(4)13-10-7-6-9-11(13)2/h11,13H,5-10,17H2,1-4H3,(H,18,19,20). The summed E-state index contributed by atoms with van der Waals surface area (Å²) in [6.45, 7) is 6.54. The molecule has 21 heavy (non-hydrogen) atoms. The first kappa shape index (κ1) is 16.0. The molecule has 1 aromatic heterocycles. The molecule has 1 heterocycles. The van der Waals surface area contributed by atoms with E-state index in [1.165, 1.54) is 25.7 Å². The van der Waals surface area contributed by atoms with E-state index in [0.29, 0.717) is 12.0 Å². The van der Waals surface area contributed by atoms with Crippen molar-refractivity contribution in [2.75, 3.05) is 17.4 Å². The van der Waals surface area contributed by atoms with E-state index >= 15 is 0 Å². The van der Waals surface area contributed by atoms with Gasteiger partial charge in [-0.1, -0.05) is 26.7 Å². The highest BCUT2D eigenvalue weighted by Gasteiger charge is 2.27. The number of nitrogens with two attached hydrogens (primary N) is 1. The molecule has 1 aliphatic rings. The monoisotopic (exact) mass is 291 g/mol. The molecule has 0 aliphatic heterocycles. The third-order valence-electron chi connectivity index (χ3n) is 4.67. The Bertz CT molecular complexity index is 474. The minimum Gasteiger partial charge on any atom is -0.356 e. The predicted octanol–water partition coefficient (Wildman–Crippen LogP) is 3.04. The molecule has 0 bridgehead atoms. The van der Waals surface area contributed by atoms with Gasteiger partial charge in [-0.05, 0) is 32.1 Å². The van der Waals surface area contributed by atoms with Crippen LogP contribution >= 0.6 is 0 Å². The second-order valence-corrected chi connectivity index (χ2v) is 6.27. The minimum absolute atomic E-state index is 0.562. The van der Waals surface area contributed by atoms with Crippen molar-refractivity contribution < 1.29 is 0 Å². The maximum atomic E-state index is 5.63. The Kier molecular flexibility index (Phi) is 5.39. The van der Waals surface area contributed by atoms with Gasteiger partial charge in [-0.3, -0.25) is 0 Å². The Morgan fingerprint density at radius 3 is 2.62 bits per heavy atom. The fourth-order valence-electron chi connectivity index (χ4n) is 3.40. The first-order chi connectivity index (χ1) is 10.1. The van der Waals surface area contributed by atoms with Crippen molar-refractivity contribution in [3.05, 3.63) is 11.4 Å². The Morgan fingerprint density at radius 1 is 1.29 bits per heavy atom. The molecule has 1 saturated carbocycles. The van der Waals surface area contributed by atoms with Crippen LogP contribution in [0.15, 0.2) is 0 Å². The molecule has 5 nitrogen and oxygen atoms in total. The maximum absolute atomic E-state index is 5.63. The van der Waals surface area contributed by atoms with E-state index in [-0.39, 0.29) is 0 Å². The van der Waals surface area contributed by atoms with E-state index in [1.807, 2.05) is 6.92 Å². The van der Waals surface area contributed by atoms with Gasteiger partial charge in [-0.15, -0.1) is 0 Å². The first-order valence-electron chi connectivity index (χ1n) is 8.15. The van der Waals surface area contributed by atoms with Crippen LogP contribution < -0.4 is 16.2 Å². The molecule has 0 spiro atoms. The quantitative estimate of drug-likeness (QED) is 0.645. The van der Waals surface area contributed by atoms with Crippen LogP contribution in [0.3, 0.4) is 0 Å². The number of nitrogen functional groups attached to an aromatic ring is 1. The fourth-order valence-corrected chi connectivity index (χ4v) is 3.40. The van der Waals surface area contributed by atoms with Crippen LogP contribution in [0.2, 0.25) is 0 Å². The maximum Gasteiger partial charge on any atom is 0.148 e. The lowest BCUT2D eigenvalue weighted by molar-refractivity contribution is 0.320. The predicted molar refractivity (Wildman–Crippen MR) is 88.4 cm³/mol. The number of aromatic nitrogens is 2. The van der Waals surface area contributed by atoms with Crippen LogP contribution in [0.25, 0.3) is 0 Å². The normalized spacial score (nSPS) is 22.1. The summed E-state index contributed by atoms with van der Waals surface area (Å²) in [4.78, 5) is 11.7. The molecule has 1 aliphatic carbocycles. The van der Waals surface area contributed by atoms with Crippen molar-refractivity contribution in [2.45, 2.75) is 65.3 Å². The van der Waals surface area contributed by atoms with Gasteiger partial charge in [0.2, 0.25) is 0 Å². The SMILES string of the molecule is CCCc1nc(NN)c(C)c(N(C)C2CCCCC2C)n1. The van der Waals surface area contributed by atoms with Crippen molar-refractivity contribution in [2.24, 2.45) is 11.8 Å². The van der Waals surface area contributed by atoms with Crippen molar-refractivity contribution in [3.63, 3.8) is 0 Å². The number of nitrogens with one attached hydrogen (secondary N) is 1. The number of nitrogens with zero attached hydrogens (tertiary/aromatic N) is 3. The highest BCUT2D eigenvalue weighted by atomic mass is 15.3. The van der Waals surface area contributed by atoms with Gasteiger partial charge in [-0.2, -0.15) is 0 Å². The lowest BCUT2D eigenvalue weighted by Crippen LogP contribution is -2.40. The molecule has 3 N–H and O–H groups in total. The Hall–Kier alpha value is -1.36. The van der Waals surface area contributed by atoms with Crippen molar-refractivity contribution in [1.29, 1.82) is 0 Å². The summed E-state index contributed by atoms with van der Waals surface area (Å²) in [7, 11) is 2.16. The average Bonchev–Trinajstić information content (AvgIpc) is 2.49. The summed E-state index contributed by atoms with van der Waals surface area (Å²) in [6, 6.07) is 0.562. The summed E-state index contributed by atoms with van der Waals surface area (Å²) in [5.74, 6) is 8.99. The second kappa shape index (κ2) is 7.07. The highest BCUT2D eigenvalue weighted by molar-refractivity contribution is 5.58. The van der Waals surface area contributed by atoms with E-state index < -0.39 is 0 Å². The van der Waals surface area contributed by atoms with Gasteiger partial charge in [-0.25, -0.2) is 15.8 Å². The van der Waals surface area contributed by atoms with E-state index in [2.05, 4.69) is 36.2 Å². The zero-order valence-corrected chi connectivity index (χ0v) is 13.8. The Balaban J connectivity index is 2.33. The highest BCUT2D eigenvalue weighted by Crippen LogP contribution is 2.32. The third kappa shape index (κ3) is 3.46. The zero-order chi connectivity index (χ0) is 15.4. The van der Waals surface area contributed by atoms with E-state index in [1.54, 1.807) is 0 Å². The number of hydrazine groups is 1. The average molecular weight is 291 g/mol. The lowest BCUT2D eigenvalue weighted by atomic mass is 9.85. The van der Waals surface area contributed by atoms with Crippen molar-refractivity contribution in [3.8, 4) is 0 Å². The number of rotatable bonds is 5. The van der Waals surface area contributed by atoms with Gasteiger partial charge >= 0.3 is 0 Å². The first-order valence-corrected chi connectivity index (χ1v) is 8.15. The minimum atomic E-state index is 0.562. The summed E-state index contributed by atoms with van der Waals surface area (Å²) >= 11 is 0. The number of aryl methyl sites for hydroxylation is 1. The molecule has 0 radical (unpaired) electrons. The van der Waals surface area contributed by atoms with Crippen LogP contribution in [0, 0.1) is 12.8 Å². The van der Waals surface area contributed by atoms with Crippen molar-refractivity contribution in [1.82, 2.24) is 9.97 Å². The molecular formula is C16H29N5. The summed E-state index contributed by atoms with van der Waals surface area (Å²) < 4.78 is 0. The molecule has 2 rings (SSSR count). The van der Waals surface area contributed by atoms with Crippen LogP contribution in [0.1, 0.15) is 57.3 Å². The fraction of sp³-hybridized carbons (Fsp3) is 0.750. The van der Waals surface area contributed by atoms with Gasteiger partial charge in [0.05, 0.1) is 0 Å². The number of hydrogen-bond acceptors (Lipinski definition) is 5. The molecule has 1 aromatic rings. The molecule has 118 valence electrons. The van der Waals surface area contributed by atoms with E-state index in [0.717, 1.165) is 35.9 Å². The number of hydrogen-bond donors (Lipinski definition) is 2. The molecule has 0 saturated heterocycles. The topological polar surface area (TPSA) is 67.1 Å².